The van der Waals surface area contributed by atoms with E-state index in [4.69, 9.17) is 18.0 Å². The molecule has 1 saturated heterocycles. The van der Waals surface area contributed by atoms with E-state index >= 15 is 0 Å². The monoisotopic (exact) mass is 271 g/mol. The molecule has 2 rings (SSSR count). The first-order valence-electron chi connectivity index (χ1n) is 5.66. The second-order valence-corrected chi connectivity index (χ2v) is 5.43. The molecule has 1 aliphatic heterocycles. The van der Waals surface area contributed by atoms with E-state index in [1.165, 1.54) is 11.5 Å². The van der Waals surface area contributed by atoms with E-state index in [0.29, 0.717) is 4.99 Å². The minimum absolute atomic E-state index is 0.184. The van der Waals surface area contributed by atoms with E-state index in [9.17, 15) is 0 Å². The van der Waals surface area contributed by atoms with Crippen molar-refractivity contribution in [3.8, 4) is 0 Å². The third-order valence-electron chi connectivity index (χ3n) is 3.06. The summed E-state index contributed by atoms with van der Waals surface area (Å²) >= 11 is 6.50. The fraction of sp³-hybridized carbons (Fsp3) is 0.700. The van der Waals surface area contributed by atoms with Gasteiger partial charge in [-0.25, -0.2) is 4.98 Å². The van der Waals surface area contributed by atoms with Crippen LogP contribution in [0, 0.1) is 6.92 Å². The normalized spacial score (nSPS) is 19.3. The molecule has 0 amide bonds. The summed E-state index contributed by atoms with van der Waals surface area (Å²) < 4.78 is 4.21. The van der Waals surface area contributed by atoms with Gasteiger partial charge in [-0.05, 0) is 13.8 Å². The smallest absolute Gasteiger partial charge is 0.205 e. The Bertz CT molecular complexity index is 397. The maximum Gasteiger partial charge on any atom is 0.205 e. The van der Waals surface area contributed by atoms with Gasteiger partial charge < -0.3 is 10.6 Å². The molecule has 2 N–H and O–H groups in total. The van der Waals surface area contributed by atoms with E-state index in [0.717, 1.165) is 37.1 Å². The molecular weight excluding hydrogens is 254 g/mol. The summed E-state index contributed by atoms with van der Waals surface area (Å²) in [5, 5.41) is 1.02. The number of aromatic nitrogens is 2. The zero-order valence-electron chi connectivity index (χ0n) is 10.1. The molecule has 0 spiro atoms. The zero-order valence-corrected chi connectivity index (χ0v) is 11.7. The molecule has 1 aromatic heterocycles. The van der Waals surface area contributed by atoms with Gasteiger partial charge in [0.1, 0.15) is 5.82 Å². The third kappa shape index (κ3) is 2.91. The molecule has 1 aromatic rings. The van der Waals surface area contributed by atoms with Crippen LogP contribution < -0.4 is 10.6 Å². The standard InChI is InChI=1S/C10H17N5S2/c1-7(9(11)16)14-3-5-15(6-4-14)10-12-8(2)13-17-10/h7H,3-6H2,1-2H3,(H2,11,16). The van der Waals surface area contributed by atoms with E-state index in [2.05, 4.69) is 26.1 Å². The lowest BCUT2D eigenvalue weighted by atomic mass is 10.2. The van der Waals surface area contributed by atoms with Crippen LogP contribution in [0.1, 0.15) is 12.7 Å². The number of piperazine rings is 1. The van der Waals surface area contributed by atoms with Crippen LogP contribution in [0.2, 0.25) is 0 Å². The van der Waals surface area contributed by atoms with Crippen LogP contribution in [0.25, 0.3) is 0 Å². The molecule has 1 fully saturated rings. The first-order chi connectivity index (χ1) is 8.08. The Kier molecular flexibility index (Phi) is 3.90. The molecule has 0 aromatic carbocycles. The fourth-order valence-electron chi connectivity index (χ4n) is 1.90. The number of hydrogen-bond donors (Lipinski definition) is 1. The number of thiocarbonyl (C=S) groups is 1. The van der Waals surface area contributed by atoms with E-state index in [1.54, 1.807) is 0 Å². The van der Waals surface area contributed by atoms with Gasteiger partial charge in [0, 0.05) is 37.7 Å². The average Bonchev–Trinajstić information content (AvgIpc) is 2.75. The maximum absolute atomic E-state index is 5.67. The predicted molar refractivity (Wildman–Crippen MR) is 74.7 cm³/mol. The average molecular weight is 271 g/mol. The number of nitrogens with zero attached hydrogens (tertiary/aromatic N) is 4. The molecule has 5 nitrogen and oxygen atoms in total. The number of rotatable bonds is 3. The topological polar surface area (TPSA) is 58.3 Å². The van der Waals surface area contributed by atoms with Crippen LogP contribution >= 0.6 is 23.8 Å². The van der Waals surface area contributed by atoms with Gasteiger partial charge in [0.05, 0.1) is 11.0 Å². The first-order valence-corrected chi connectivity index (χ1v) is 6.84. The van der Waals surface area contributed by atoms with Gasteiger partial charge in [0.2, 0.25) is 5.13 Å². The van der Waals surface area contributed by atoms with Crippen LogP contribution in [0.15, 0.2) is 0 Å². The number of aryl methyl sites for hydroxylation is 1. The Balaban J connectivity index is 1.92. The Morgan fingerprint density at radius 2 is 2.06 bits per heavy atom. The number of anilines is 1. The minimum atomic E-state index is 0.184. The van der Waals surface area contributed by atoms with Gasteiger partial charge in [0.15, 0.2) is 0 Å². The summed E-state index contributed by atoms with van der Waals surface area (Å²) in [7, 11) is 0. The van der Waals surface area contributed by atoms with Crippen LogP contribution in [0.5, 0.6) is 0 Å². The Labute approximate surface area is 111 Å². The highest BCUT2D eigenvalue weighted by Gasteiger charge is 2.23. The molecule has 2 heterocycles. The highest BCUT2D eigenvalue weighted by atomic mass is 32.1. The molecule has 7 heteroatoms. The SMILES string of the molecule is Cc1nsc(N2CCN(C(C)C(N)=S)CC2)n1. The van der Waals surface area contributed by atoms with Crippen molar-refractivity contribution in [3.05, 3.63) is 5.82 Å². The lowest BCUT2D eigenvalue weighted by Crippen LogP contribution is -2.52. The summed E-state index contributed by atoms with van der Waals surface area (Å²) in [5.41, 5.74) is 5.67. The second-order valence-electron chi connectivity index (χ2n) is 4.23. The molecule has 1 aliphatic rings. The minimum Gasteiger partial charge on any atom is -0.392 e. The zero-order chi connectivity index (χ0) is 12.4. The Morgan fingerprint density at radius 1 is 1.41 bits per heavy atom. The van der Waals surface area contributed by atoms with Crippen molar-refractivity contribution in [1.29, 1.82) is 0 Å². The largest absolute Gasteiger partial charge is 0.392 e. The lowest BCUT2D eigenvalue weighted by Gasteiger charge is -2.37. The van der Waals surface area contributed by atoms with Gasteiger partial charge in [-0.1, -0.05) is 12.2 Å². The van der Waals surface area contributed by atoms with E-state index in [1.807, 2.05) is 6.92 Å². The van der Waals surface area contributed by atoms with E-state index < -0.39 is 0 Å². The maximum atomic E-state index is 5.67. The lowest BCUT2D eigenvalue weighted by molar-refractivity contribution is 0.239. The van der Waals surface area contributed by atoms with Crippen LogP contribution in [-0.2, 0) is 0 Å². The summed E-state index contributed by atoms with van der Waals surface area (Å²) in [4.78, 5) is 9.56. The molecule has 94 valence electrons. The summed E-state index contributed by atoms with van der Waals surface area (Å²) in [6.07, 6.45) is 0. The fourth-order valence-corrected chi connectivity index (χ4v) is 2.77. The third-order valence-corrected chi connectivity index (χ3v) is 4.27. The van der Waals surface area contributed by atoms with Gasteiger partial charge in [-0.15, -0.1) is 0 Å². The highest BCUT2D eigenvalue weighted by molar-refractivity contribution is 7.80. The first kappa shape index (κ1) is 12.7. The van der Waals surface area contributed by atoms with Crippen molar-refractivity contribution in [1.82, 2.24) is 14.3 Å². The van der Waals surface area contributed by atoms with Gasteiger partial charge >= 0.3 is 0 Å². The molecule has 0 radical (unpaired) electrons. The molecule has 1 atom stereocenters. The number of hydrogen-bond acceptors (Lipinski definition) is 6. The second kappa shape index (κ2) is 5.24. The molecule has 0 saturated carbocycles. The molecule has 0 aliphatic carbocycles. The quantitative estimate of drug-likeness (QED) is 0.814. The van der Waals surface area contributed by atoms with E-state index in [-0.39, 0.29) is 6.04 Å². The number of nitrogens with two attached hydrogens (primary N) is 1. The van der Waals surface area contributed by atoms with Crippen LogP contribution in [0.3, 0.4) is 0 Å². The van der Waals surface area contributed by atoms with Crippen molar-refractivity contribution in [3.63, 3.8) is 0 Å². The molecule has 17 heavy (non-hydrogen) atoms. The Hall–Kier alpha value is -0.790. The highest BCUT2D eigenvalue weighted by Crippen LogP contribution is 2.19. The Morgan fingerprint density at radius 3 is 2.53 bits per heavy atom. The van der Waals surface area contributed by atoms with Gasteiger partial charge in [0.25, 0.3) is 0 Å². The molecule has 1 unspecified atom stereocenters. The summed E-state index contributed by atoms with van der Waals surface area (Å²) in [6.45, 7) is 7.84. The van der Waals surface area contributed by atoms with Crippen molar-refractivity contribution in [2.45, 2.75) is 19.9 Å². The van der Waals surface area contributed by atoms with Crippen molar-refractivity contribution >= 4 is 33.9 Å². The van der Waals surface area contributed by atoms with Gasteiger partial charge in [-0.2, -0.15) is 4.37 Å². The van der Waals surface area contributed by atoms with Crippen molar-refractivity contribution < 1.29 is 0 Å². The molecule has 0 bridgehead atoms. The van der Waals surface area contributed by atoms with Crippen LogP contribution in [-0.4, -0.2) is 51.5 Å². The summed E-state index contributed by atoms with van der Waals surface area (Å²) in [6, 6.07) is 0.184. The van der Waals surface area contributed by atoms with Crippen molar-refractivity contribution in [2.24, 2.45) is 5.73 Å². The van der Waals surface area contributed by atoms with Crippen LogP contribution in [0.4, 0.5) is 5.13 Å². The molecular formula is C10H17N5S2. The summed E-state index contributed by atoms with van der Waals surface area (Å²) in [5.74, 6) is 0.851. The van der Waals surface area contributed by atoms with Gasteiger partial charge in [-0.3, -0.25) is 4.90 Å². The van der Waals surface area contributed by atoms with Crippen molar-refractivity contribution in [2.75, 3.05) is 31.1 Å². The predicted octanol–water partition coefficient (Wildman–Crippen LogP) is 0.643.